The molecule has 0 fully saturated rings. The second-order valence-electron chi connectivity index (χ2n) is 5.20. The van der Waals surface area contributed by atoms with Crippen molar-refractivity contribution in [3.8, 4) is 0 Å². The third-order valence-corrected chi connectivity index (χ3v) is 3.58. The van der Waals surface area contributed by atoms with Crippen LogP contribution in [0.4, 0.5) is 5.69 Å². The molecule has 1 atom stereocenters. The number of carbonyl (C=O) groups excluding carboxylic acids is 1. The molecule has 22 heavy (non-hydrogen) atoms. The van der Waals surface area contributed by atoms with E-state index < -0.39 is 0 Å². The number of amides is 1. The maximum absolute atomic E-state index is 12.5. The van der Waals surface area contributed by atoms with Gasteiger partial charge in [-0.05, 0) is 24.1 Å². The van der Waals surface area contributed by atoms with Gasteiger partial charge in [0.2, 0.25) is 5.91 Å². The highest BCUT2D eigenvalue weighted by atomic mass is 35.5. The normalized spacial score (nSPS) is 11.4. The van der Waals surface area contributed by atoms with E-state index in [-0.39, 0.29) is 24.2 Å². The minimum absolute atomic E-state index is 0. The van der Waals surface area contributed by atoms with Crippen molar-refractivity contribution < 1.29 is 4.79 Å². The molecule has 0 heterocycles. The summed E-state index contributed by atoms with van der Waals surface area (Å²) in [6.45, 7) is 2.91. The molecule has 0 aromatic heterocycles. The van der Waals surface area contributed by atoms with E-state index in [1.54, 1.807) is 0 Å². The molecule has 1 amide bonds. The van der Waals surface area contributed by atoms with Gasteiger partial charge in [-0.15, -0.1) is 12.4 Å². The molecule has 2 aromatic carbocycles. The van der Waals surface area contributed by atoms with Gasteiger partial charge in [-0.2, -0.15) is 0 Å². The van der Waals surface area contributed by atoms with Crippen molar-refractivity contribution in [3.63, 3.8) is 0 Å². The molecule has 118 valence electrons. The fraction of sp³-hybridized carbons (Fsp3) is 0.278. The van der Waals surface area contributed by atoms with Crippen LogP contribution in [-0.2, 0) is 11.2 Å². The maximum Gasteiger partial charge on any atom is 0.231 e. The fourth-order valence-corrected chi connectivity index (χ4v) is 2.23. The molecule has 0 aliphatic carbocycles. The van der Waals surface area contributed by atoms with Crippen LogP contribution in [0.1, 0.15) is 12.5 Å². The van der Waals surface area contributed by atoms with Crippen molar-refractivity contribution in [1.29, 1.82) is 0 Å². The van der Waals surface area contributed by atoms with Crippen molar-refractivity contribution in [2.75, 3.05) is 18.0 Å². The minimum atomic E-state index is -0.166. The quantitative estimate of drug-likeness (QED) is 0.888. The Bertz CT molecular complexity index is 560. The van der Waals surface area contributed by atoms with Crippen LogP contribution in [0.5, 0.6) is 0 Å². The van der Waals surface area contributed by atoms with Gasteiger partial charge in [0, 0.05) is 24.7 Å². The third-order valence-electron chi connectivity index (χ3n) is 3.58. The first-order valence-corrected chi connectivity index (χ1v) is 7.33. The summed E-state index contributed by atoms with van der Waals surface area (Å²) in [6.07, 6.45) is 0.832. The molecule has 0 bridgehead atoms. The van der Waals surface area contributed by atoms with E-state index in [1.807, 2.05) is 60.4 Å². The molecule has 2 N–H and O–H groups in total. The third kappa shape index (κ3) is 4.86. The van der Waals surface area contributed by atoms with Gasteiger partial charge < -0.3 is 10.6 Å². The van der Waals surface area contributed by atoms with Gasteiger partial charge in [0.1, 0.15) is 0 Å². The standard InChI is InChI=1S/C18H22N2O.ClH/c1-15(14-19)18(21)20(17-10-6-3-7-11-17)13-12-16-8-4-2-5-9-16;/h2-11,15H,12-14,19H2,1H3;1H. The van der Waals surface area contributed by atoms with E-state index in [2.05, 4.69) is 12.1 Å². The number of nitrogens with two attached hydrogens (primary N) is 1. The zero-order valence-electron chi connectivity index (χ0n) is 12.8. The van der Waals surface area contributed by atoms with E-state index in [9.17, 15) is 4.79 Å². The molecule has 0 aliphatic heterocycles. The molecule has 0 radical (unpaired) electrons. The van der Waals surface area contributed by atoms with Crippen LogP contribution >= 0.6 is 12.4 Å². The largest absolute Gasteiger partial charge is 0.330 e. The summed E-state index contributed by atoms with van der Waals surface area (Å²) in [5, 5.41) is 0. The van der Waals surface area contributed by atoms with E-state index in [4.69, 9.17) is 5.73 Å². The average Bonchev–Trinajstić information content (AvgIpc) is 2.56. The maximum atomic E-state index is 12.5. The number of hydrogen-bond donors (Lipinski definition) is 1. The summed E-state index contributed by atoms with van der Waals surface area (Å²) >= 11 is 0. The second-order valence-corrected chi connectivity index (χ2v) is 5.20. The molecule has 4 heteroatoms. The summed E-state index contributed by atoms with van der Waals surface area (Å²) in [4.78, 5) is 14.4. The Kier molecular flexibility index (Phi) is 7.64. The molecule has 3 nitrogen and oxygen atoms in total. The topological polar surface area (TPSA) is 46.3 Å². The van der Waals surface area contributed by atoms with Gasteiger partial charge in [-0.3, -0.25) is 4.79 Å². The van der Waals surface area contributed by atoms with Crippen LogP contribution in [0.15, 0.2) is 60.7 Å². The number of hydrogen-bond acceptors (Lipinski definition) is 2. The van der Waals surface area contributed by atoms with E-state index in [0.717, 1.165) is 12.1 Å². The first-order chi connectivity index (χ1) is 10.2. The molecule has 2 rings (SSSR count). The van der Waals surface area contributed by atoms with Crippen LogP contribution in [0.25, 0.3) is 0 Å². The Balaban J connectivity index is 0.00000242. The molecule has 0 saturated heterocycles. The lowest BCUT2D eigenvalue weighted by atomic mass is 10.1. The van der Waals surface area contributed by atoms with Gasteiger partial charge in [-0.25, -0.2) is 0 Å². The summed E-state index contributed by atoms with van der Waals surface area (Å²) in [5.41, 5.74) is 7.81. The first kappa shape index (κ1) is 18.2. The SMILES string of the molecule is CC(CN)C(=O)N(CCc1ccccc1)c1ccccc1.Cl. The Morgan fingerprint density at radius 3 is 2.14 bits per heavy atom. The van der Waals surface area contributed by atoms with Gasteiger partial charge in [0.25, 0.3) is 0 Å². The predicted molar refractivity (Wildman–Crippen MR) is 94.4 cm³/mol. The number of nitrogens with zero attached hydrogens (tertiary/aromatic N) is 1. The Labute approximate surface area is 138 Å². The Morgan fingerprint density at radius 2 is 1.59 bits per heavy atom. The first-order valence-electron chi connectivity index (χ1n) is 7.33. The zero-order valence-corrected chi connectivity index (χ0v) is 13.6. The van der Waals surface area contributed by atoms with Crippen molar-refractivity contribution in [2.24, 2.45) is 11.7 Å². The molecule has 0 aliphatic rings. The number of carbonyl (C=O) groups is 1. The van der Waals surface area contributed by atoms with E-state index in [0.29, 0.717) is 13.1 Å². The minimum Gasteiger partial charge on any atom is -0.330 e. The van der Waals surface area contributed by atoms with Crippen molar-refractivity contribution in [3.05, 3.63) is 66.2 Å². The highest BCUT2D eigenvalue weighted by Gasteiger charge is 2.20. The number of anilines is 1. The fourth-order valence-electron chi connectivity index (χ4n) is 2.23. The highest BCUT2D eigenvalue weighted by molar-refractivity contribution is 5.95. The lowest BCUT2D eigenvalue weighted by molar-refractivity contribution is -0.121. The van der Waals surface area contributed by atoms with Gasteiger partial charge in [0.15, 0.2) is 0 Å². The van der Waals surface area contributed by atoms with E-state index in [1.165, 1.54) is 5.56 Å². The van der Waals surface area contributed by atoms with Crippen LogP contribution < -0.4 is 10.6 Å². The highest BCUT2D eigenvalue weighted by Crippen LogP contribution is 2.17. The van der Waals surface area contributed by atoms with Crippen molar-refractivity contribution in [1.82, 2.24) is 0 Å². The Morgan fingerprint density at radius 1 is 1.05 bits per heavy atom. The summed E-state index contributed by atoms with van der Waals surface area (Å²) in [6, 6.07) is 20.0. The van der Waals surface area contributed by atoms with Gasteiger partial charge in [-0.1, -0.05) is 55.5 Å². The summed E-state index contributed by atoms with van der Waals surface area (Å²) < 4.78 is 0. The Hall–Kier alpha value is -1.84. The average molecular weight is 319 g/mol. The van der Waals surface area contributed by atoms with Gasteiger partial charge in [0.05, 0.1) is 0 Å². The van der Waals surface area contributed by atoms with Crippen molar-refractivity contribution >= 4 is 24.0 Å². The van der Waals surface area contributed by atoms with E-state index >= 15 is 0 Å². The van der Waals surface area contributed by atoms with Gasteiger partial charge >= 0.3 is 0 Å². The van der Waals surface area contributed by atoms with Crippen molar-refractivity contribution in [2.45, 2.75) is 13.3 Å². The van der Waals surface area contributed by atoms with Crippen LogP contribution in [0, 0.1) is 5.92 Å². The lowest BCUT2D eigenvalue weighted by Crippen LogP contribution is -2.39. The number of benzene rings is 2. The molecule has 2 aromatic rings. The van der Waals surface area contributed by atoms with Crippen LogP contribution in [0.2, 0.25) is 0 Å². The second kappa shape index (κ2) is 9.23. The summed E-state index contributed by atoms with van der Waals surface area (Å²) in [5.74, 6) is -0.0828. The predicted octanol–water partition coefficient (Wildman–Crippen LogP) is 3.28. The lowest BCUT2D eigenvalue weighted by Gasteiger charge is -2.25. The monoisotopic (exact) mass is 318 g/mol. The smallest absolute Gasteiger partial charge is 0.231 e. The van der Waals surface area contributed by atoms with Crippen LogP contribution in [-0.4, -0.2) is 19.0 Å². The molecule has 1 unspecified atom stereocenters. The zero-order chi connectivity index (χ0) is 15.1. The summed E-state index contributed by atoms with van der Waals surface area (Å²) in [7, 11) is 0. The number of para-hydroxylation sites is 1. The molecule has 0 saturated carbocycles. The van der Waals surface area contributed by atoms with Crippen LogP contribution in [0.3, 0.4) is 0 Å². The molecular formula is C18H23ClN2O. The number of halogens is 1. The molecular weight excluding hydrogens is 296 g/mol. The molecule has 0 spiro atoms. The number of rotatable bonds is 6.